The minimum atomic E-state index is -0.749. The maximum Gasteiger partial charge on any atom is 0.347 e. The fraction of sp³-hybridized carbons (Fsp3) is 0.188. The summed E-state index contributed by atoms with van der Waals surface area (Å²) >= 11 is 0. The molecule has 0 radical (unpaired) electrons. The van der Waals surface area contributed by atoms with Crippen molar-refractivity contribution >= 4 is 11.9 Å². The number of hydrogen-bond acceptors (Lipinski definition) is 5. The van der Waals surface area contributed by atoms with Gasteiger partial charge in [0.2, 0.25) is 0 Å². The molecule has 0 heterocycles. The molecule has 6 nitrogen and oxygen atoms in total. The van der Waals surface area contributed by atoms with Crippen molar-refractivity contribution in [2.24, 2.45) is 0 Å². The first-order chi connectivity index (χ1) is 18.6. The summed E-state index contributed by atoms with van der Waals surface area (Å²) in [4.78, 5) is 24.9. The summed E-state index contributed by atoms with van der Waals surface area (Å²) < 4.78 is 16.8. The molecule has 0 aliphatic carbocycles. The number of hydrogen-bond donors (Lipinski definition) is 1. The zero-order chi connectivity index (χ0) is 26.6. The number of amides is 1. The summed E-state index contributed by atoms with van der Waals surface area (Å²) in [5, 5.41) is 2.88. The van der Waals surface area contributed by atoms with Crippen LogP contribution in [0.2, 0.25) is 0 Å². The van der Waals surface area contributed by atoms with Crippen molar-refractivity contribution in [1.29, 1.82) is 0 Å². The van der Waals surface area contributed by atoms with Gasteiger partial charge in [-0.3, -0.25) is 4.79 Å². The van der Waals surface area contributed by atoms with Crippen LogP contribution in [0, 0.1) is 0 Å². The second-order valence-corrected chi connectivity index (χ2v) is 8.57. The van der Waals surface area contributed by atoms with Gasteiger partial charge in [-0.1, -0.05) is 72.8 Å². The van der Waals surface area contributed by atoms with Gasteiger partial charge < -0.3 is 19.5 Å². The molecule has 0 fully saturated rings. The summed E-state index contributed by atoms with van der Waals surface area (Å²) in [7, 11) is 0. The highest BCUT2D eigenvalue weighted by Crippen LogP contribution is 2.20. The lowest BCUT2D eigenvalue weighted by Gasteiger charge is -2.18. The van der Waals surface area contributed by atoms with Crippen molar-refractivity contribution in [3.63, 3.8) is 0 Å². The number of carbonyl (C=O) groups excluding carboxylic acids is 2. The van der Waals surface area contributed by atoms with Gasteiger partial charge >= 0.3 is 5.97 Å². The Labute approximate surface area is 223 Å². The molecule has 0 bridgehead atoms. The highest BCUT2D eigenvalue weighted by molar-refractivity contribution is 5.94. The molecular formula is C32H31NO5. The summed E-state index contributed by atoms with van der Waals surface area (Å²) in [6.07, 6.45) is -0.381. The SMILES string of the molecule is CCOC(=O)C(Cc1ccc(OCCNC(=O)c2ccc(-c3ccccc3)cc2)cc1)Oc1ccccc1. The van der Waals surface area contributed by atoms with Crippen molar-refractivity contribution in [1.82, 2.24) is 5.32 Å². The van der Waals surface area contributed by atoms with E-state index in [4.69, 9.17) is 14.2 Å². The molecule has 4 aromatic carbocycles. The number of para-hydroxylation sites is 1. The molecule has 0 spiro atoms. The van der Waals surface area contributed by atoms with Crippen LogP contribution in [0.25, 0.3) is 11.1 Å². The zero-order valence-electron chi connectivity index (χ0n) is 21.3. The van der Waals surface area contributed by atoms with Gasteiger partial charge in [0.15, 0.2) is 6.10 Å². The molecule has 0 aliphatic rings. The topological polar surface area (TPSA) is 73.9 Å². The van der Waals surface area contributed by atoms with Gasteiger partial charge in [0.25, 0.3) is 5.91 Å². The second-order valence-electron chi connectivity index (χ2n) is 8.57. The molecule has 1 atom stereocenters. The highest BCUT2D eigenvalue weighted by atomic mass is 16.6. The molecule has 1 N–H and O–H groups in total. The van der Waals surface area contributed by atoms with Crippen molar-refractivity contribution in [3.8, 4) is 22.6 Å². The molecule has 1 unspecified atom stereocenters. The van der Waals surface area contributed by atoms with E-state index in [2.05, 4.69) is 5.32 Å². The van der Waals surface area contributed by atoms with Gasteiger partial charge in [0, 0.05) is 12.0 Å². The third kappa shape index (κ3) is 7.71. The molecule has 6 heteroatoms. The van der Waals surface area contributed by atoms with Crippen LogP contribution in [-0.4, -0.2) is 37.7 Å². The van der Waals surface area contributed by atoms with Crippen molar-refractivity contribution in [3.05, 3.63) is 120 Å². The van der Waals surface area contributed by atoms with Crippen molar-refractivity contribution in [2.75, 3.05) is 19.8 Å². The molecule has 194 valence electrons. The Bertz CT molecular complexity index is 1290. The molecule has 4 aromatic rings. The van der Waals surface area contributed by atoms with Gasteiger partial charge in [-0.25, -0.2) is 4.79 Å². The Hall–Kier alpha value is -4.58. The summed E-state index contributed by atoms with van der Waals surface area (Å²) in [5.41, 5.74) is 3.69. The molecule has 38 heavy (non-hydrogen) atoms. The third-order valence-electron chi connectivity index (χ3n) is 5.83. The van der Waals surface area contributed by atoms with Crippen molar-refractivity contribution in [2.45, 2.75) is 19.4 Å². The summed E-state index contributed by atoms with van der Waals surface area (Å²) in [6.45, 7) is 2.76. The van der Waals surface area contributed by atoms with E-state index in [1.165, 1.54) is 0 Å². The van der Waals surface area contributed by atoms with E-state index in [1.54, 1.807) is 6.92 Å². The lowest BCUT2D eigenvalue weighted by Crippen LogP contribution is -2.31. The minimum Gasteiger partial charge on any atom is -0.492 e. The van der Waals surface area contributed by atoms with E-state index >= 15 is 0 Å². The van der Waals surface area contributed by atoms with Crippen LogP contribution in [0.15, 0.2) is 109 Å². The van der Waals surface area contributed by atoms with Gasteiger partial charge in [-0.15, -0.1) is 0 Å². The van der Waals surface area contributed by atoms with Crippen LogP contribution < -0.4 is 14.8 Å². The number of nitrogens with one attached hydrogen (secondary N) is 1. The fourth-order valence-electron chi connectivity index (χ4n) is 3.89. The maximum atomic E-state index is 12.5. The van der Waals surface area contributed by atoms with E-state index in [0.717, 1.165) is 16.7 Å². The Morgan fingerprint density at radius 1 is 0.737 bits per heavy atom. The Balaban J connectivity index is 1.24. The standard InChI is InChI=1S/C32H31NO5/c1-2-36-32(35)30(38-29-11-7-4-8-12-29)23-24-13-19-28(20-14-24)37-22-21-33-31(34)27-17-15-26(16-18-27)25-9-5-3-6-10-25/h3-20,30H,2,21-23H2,1H3,(H,33,34). The minimum absolute atomic E-state index is 0.146. The molecule has 0 saturated carbocycles. The van der Waals surface area contributed by atoms with Crippen LogP contribution in [0.3, 0.4) is 0 Å². The highest BCUT2D eigenvalue weighted by Gasteiger charge is 2.22. The smallest absolute Gasteiger partial charge is 0.347 e. The Morgan fingerprint density at radius 3 is 2.03 bits per heavy atom. The maximum absolute atomic E-state index is 12.5. The van der Waals surface area contributed by atoms with Crippen LogP contribution in [-0.2, 0) is 16.0 Å². The van der Waals surface area contributed by atoms with Crippen LogP contribution in [0.5, 0.6) is 11.5 Å². The average Bonchev–Trinajstić information content (AvgIpc) is 2.97. The normalized spacial score (nSPS) is 11.3. The van der Waals surface area contributed by atoms with Crippen LogP contribution >= 0.6 is 0 Å². The average molecular weight is 510 g/mol. The summed E-state index contributed by atoms with van der Waals surface area (Å²) in [6, 6.07) is 34.2. The number of carbonyl (C=O) groups is 2. The van der Waals surface area contributed by atoms with E-state index < -0.39 is 12.1 Å². The monoisotopic (exact) mass is 509 g/mol. The van der Waals surface area contributed by atoms with Gasteiger partial charge in [0.1, 0.15) is 18.1 Å². The number of ether oxygens (including phenoxy) is 3. The zero-order valence-corrected chi connectivity index (χ0v) is 21.3. The first-order valence-electron chi connectivity index (χ1n) is 12.7. The third-order valence-corrected chi connectivity index (χ3v) is 5.83. The molecule has 1 amide bonds. The van der Waals surface area contributed by atoms with Gasteiger partial charge in [0.05, 0.1) is 13.2 Å². The second kappa shape index (κ2) is 13.7. The van der Waals surface area contributed by atoms with E-state index in [0.29, 0.717) is 36.6 Å². The van der Waals surface area contributed by atoms with Crippen LogP contribution in [0.4, 0.5) is 0 Å². The van der Waals surface area contributed by atoms with Gasteiger partial charge in [-0.05, 0) is 60.0 Å². The van der Waals surface area contributed by atoms with E-state index in [9.17, 15) is 9.59 Å². The molecule has 4 rings (SSSR count). The Kier molecular flexibility index (Phi) is 9.51. The van der Waals surface area contributed by atoms with E-state index in [1.807, 2.05) is 109 Å². The predicted molar refractivity (Wildman–Crippen MR) is 147 cm³/mol. The fourth-order valence-corrected chi connectivity index (χ4v) is 3.89. The molecular weight excluding hydrogens is 478 g/mol. The first-order valence-corrected chi connectivity index (χ1v) is 12.7. The number of rotatable bonds is 12. The predicted octanol–water partition coefficient (Wildman–Crippen LogP) is 5.72. The first kappa shape index (κ1) is 26.5. The number of esters is 1. The summed E-state index contributed by atoms with van der Waals surface area (Å²) in [5.74, 6) is 0.737. The van der Waals surface area contributed by atoms with Gasteiger partial charge in [-0.2, -0.15) is 0 Å². The van der Waals surface area contributed by atoms with Crippen LogP contribution in [0.1, 0.15) is 22.8 Å². The van der Waals surface area contributed by atoms with Crippen molar-refractivity contribution < 1.29 is 23.8 Å². The van der Waals surface area contributed by atoms with E-state index in [-0.39, 0.29) is 12.5 Å². The lowest BCUT2D eigenvalue weighted by atomic mass is 10.0. The number of benzene rings is 4. The molecule has 0 aliphatic heterocycles. The lowest BCUT2D eigenvalue weighted by molar-refractivity contribution is -0.151. The largest absolute Gasteiger partial charge is 0.492 e. The quantitative estimate of drug-likeness (QED) is 0.195. The molecule has 0 aromatic heterocycles. The molecule has 0 saturated heterocycles. The Morgan fingerprint density at radius 2 is 1.37 bits per heavy atom.